The number of carbonyl (C=O) groups is 1. The smallest absolute Gasteiger partial charge is 0.275 e. The summed E-state index contributed by atoms with van der Waals surface area (Å²) in [4.78, 5) is 17.3. The summed E-state index contributed by atoms with van der Waals surface area (Å²) in [6.45, 7) is 2.93. The molecule has 0 aliphatic carbocycles. The second-order valence-electron chi connectivity index (χ2n) is 6.39. The average Bonchev–Trinajstić information content (AvgIpc) is 3.38. The zero-order chi connectivity index (χ0) is 20.4. The number of para-hydroxylation sites is 1. The SMILES string of the molecule is CCn1c(-c2nc(C(=O)Nc3ccc(OC)c(OC)c3)cs2)cc2ccccc21. The van der Waals surface area contributed by atoms with Gasteiger partial charge in [0.25, 0.3) is 5.91 Å². The number of hydrogen-bond acceptors (Lipinski definition) is 5. The highest BCUT2D eigenvalue weighted by Gasteiger charge is 2.16. The van der Waals surface area contributed by atoms with Crippen molar-refractivity contribution in [3.8, 4) is 22.2 Å². The molecular formula is C22H21N3O3S. The Bertz CT molecular complexity index is 1180. The van der Waals surface area contributed by atoms with Crippen LogP contribution in [0.4, 0.5) is 5.69 Å². The molecule has 0 spiro atoms. The highest BCUT2D eigenvalue weighted by atomic mass is 32.1. The topological polar surface area (TPSA) is 65.4 Å². The number of hydrogen-bond donors (Lipinski definition) is 1. The van der Waals surface area contributed by atoms with Crippen LogP contribution in [-0.4, -0.2) is 29.7 Å². The molecule has 0 saturated carbocycles. The molecule has 0 radical (unpaired) electrons. The van der Waals surface area contributed by atoms with Crippen molar-refractivity contribution >= 4 is 33.8 Å². The number of nitrogens with one attached hydrogen (secondary N) is 1. The number of rotatable bonds is 6. The van der Waals surface area contributed by atoms with Crippen molar-refractivity contribution in [2.45, 2.75) is 13.5 Å². The van der Waals surface area contributed by atoms with Gasteiger partial charge in [-0.05, 0) is 31.2 Å². The molecule has 0 aliphatic rings. The van der Waals surface area contributed by atoms with Crippen LogP contribution < -0.4 is 14.8 Å². The Kier molecular flexibility index (Phi) is 5.22. The van der Waals surface area contributed by atoms with Crippen LogP contribution in [0, 0.1) is 0 Å². The number of methoxy groups -OCH3 is 2. The second kappa shape index (κ2) is 7.97. The van der Waals surface area contributed by atoms with Crippen molar-refractivity contribution in [2.75, 3.05) is 19.5 Å². The highest BCUT2D eigenvalue weighted by molar-refractivity contribution is 7.13. The predicted octanol–water partition coefficient (Wildman–Crippen LogP) is 5.05. The number of amides is 1. The van der Waals surface area contributed by atoms with E-state index in [1.165, 1.54) is 11.3 Å². The third kappa shape index (κ3) is 3.56. The number of aryl methyl sites for hydroxylation is 1. The number of nitrogens with zero attached hydrogens (tertiary/aromatic N) is 2. The fraction of sp³-hybridized carbons (Fsp3) is 0.182. The zero-order valence-electron chi connectivity index (χ0n) is 16.4. The Morgan fingerprint density at radius 2 is 1.90 bits per heavy atom. The number of anilines is 1. The first-order valence-electron chi connectivity index (χ1n) is 9.22. The summed E-state index contributed by atoms with van der Waals surface area (Å²) in [6.07, 6.45) is 0. The number of aromatic nitrogens is 2. The van der Waals surface area contributed by atoms with Gasteiger partial charge in [0, 0.05) is 34.6 Å². The molecule has 148 valence electrons. The molecule has 7 heteroatoms. The molecule has 6 nitrogen and oxygen atoms in total. The van der Waals surface area contributed by atoms with Crippen LogP contribution in [0.3, 0.4) is 0 Å². The quantitative estimate of drug-likeness (QED) is 0.485. The van der Waals surface area contributed by atoms with Crippen LogP contribution in [0.1, 0.15) is 17.4 Å². The molecule has 2 aromatic carbocycles. The third-order valence-electron chi connectivity index (χ3n) is 4.72. The average molecular weight is 407 g/mol. The number of thiazole rings is 1. The van der Waals surface area contributed by atoms with E-state index < -0.39 is 0 Å². The van der Waals surface area contributed by atoms with E-state index in [-0.39, 0.29) is 5.91 Å². The zero-order valence-corrected chi connectivity index (χ0v) is 17.2. The molecule has 0 atom stereocenters. The van der Waals surface area contributed by atoms with Gasteiger partial charge in [-0.25, -0.2) is 4.98 Å². The molecule has 0 saturated heterocycles. The van der Waals surface area contributed by atoms with Crippen molar-refractivity contribution < 1.29 is 14.3 Å². The van der Waals surface area contributed by atoms with Gasteiger partial charge < -0.3 is 19.4 Å². The highest BCUT2D eigenvalue weighted by Crippen LogP contribution is 2.32. The lowest BCUT2D eigenvalue weighted by Gasteiger charge is -2.10. The Balaban J connectivity index is 1.60. The first-order chi connectivity index (χ1) is 14.1. The van der Waals surface area contributed by atoms with Crippen LogP contribution in [0.25, 0.3) is 21.6 Å². The van der Waals surface area contributed by atoms with E-state index in [0.717, 1.165) is 28.1 Å². The van der Waals surface area contributed by atoms with Gasteiger partial charge in [-0.15, -0.1) is 11.3 Å². The molecule has 29 heavy (non-hydrogen) atoms. The maximum atomic E-state index is 12.7. The lowest BCUT2D eigenvalue weighted by atomic mass is 10.2. The molecule has 4 rings (SSSR count). The fourth-order valence-corrected chi connectivity index (χ4v) is 4.16. The molecular weight excluding hydrogens is 386 g/mol. The van der Waals surface area contributed by atoms with Gasteiger partial charge in [0.2, 0.25) is 0 Å². The summed E-state index contributed by atoms with van der Waals surface area (Å²) in [5.41, 5.74) is 3.18. The predicted molar refractivity (Wildman–Crippen MR) is 116 cm³/mol. The molecule has 0 bridgehead atoms. The van der Waals surface area contributed by atoms with E-state index in [2.05, 4.69) is 40.0 Å². The van der Waals surface area contributed by atoms with E-state index in [0.29, 0.717) is 22.9 Å². The number of benzene rings is 2. The molecule has 0 unspecified atom stereocenters. The summed E-state index contributed by atoms with van der Waals surface area (Å²) in [6, 6.07) is 15.6. The van der Waals surface area contributed by atoms with Gasteiger partial charge in [0.15, 0.2) is 11.5 Å². The van der Waals surface area contributed by atoms with Crippen molar-refractivity contribution in [2.24, 2.45) is 0 Å². The van der Waals surface area contributed by atoms with Crippen LogP contribution >= 0.6 is 11.3 Å². The Morgan fingerprint density at radius 3 is 2.66 bits per heavy atom. The van der Waals surface area contributed by atoms with Gasteiger partial charge in [-0.2, -0.15) is 0 Å². The summed E-state index contributed by atoms with van der Waals surface area (Å²) in [5.74, 6) is 0.893. The Hall–Kier alpha value is -3.32. The largest absolute Gasteiger partial charge is 0.493 e. The lowest BCUT2D eigenvalue weighted by Crippen LogP contribution is -2.12. The summed E-state index contributed by atoms with van der Waals surface area (Å²) in [7, 11) is 3.13. The van der Waals surface area contributed by atoms with Crippen LogP contribution in [0.5, 0.6) is 11.5 Å². The van der Waals surface area contributed by atoms with Gasteiger partial charge >= 0.3 is 0 Å². The number of ether oxygens (including phenoxy) is 2. The summed E-state index contributed by atoms with van der Waals surface area (Å²) < 4.78 is 12.7. The van der Waals surface area contributed by atoms with Crippen molar-refractivity contribution in [1.82, 2.24) is 9.55 Å². The minimum atomic E-state index is -0.265. The van der Waals surface area contributed by atoms with Gasteiger partial charge in [-0.1, -0.05) is 18.2 Å². The standard InChI is InChI=1S/C22H21N3O3S/c1-4-25-17-8-6-5-7-14(17)11-18(25)22-24-16(13-29-22)21(26)23-15-9-10-19(27-2)20(12-15)28-3/h5-13H,4H2,1-3H3,(H,23,26). The third-order valence-corrected chi connectivity index (χ3v) is 5.59. The fourth-order valence-electron chi connectivity index (χ4n) is 3.33. The van der Waals surface area contributed by atoms with Gasteiger partial charge in [0.05, 0.1) is 19.9 Å². The number of carbonyl (C=O) groups excluding carboxylic acids is 1. The van der Waals surface area contributed by atoms with Crippen molar-refractivity contribution in [3.63, 3.8) is 0 Å². The number of fused-ring (bicyclic) bond motifs is 1. The normalized spacial score (nSPS) is 10.9. The molecule has 2 aromatic heterocycles. The Labute approximate surface area is 172 Å². The molecule has 0 fully saturated rings. The maximum Gasteiger partial charge on any atom is 0.275 e. The minimum absolute atomic E-state index is 0.265. The van der Waals surface area contributed by atoms with Crippen molar-refractivity contribution in [3.05, 3.63) is 59.6 Å². The molecule has 1 N–H and O–H groups in total. The maximum absolute atomic E-state index is 12.7. The monoisotopic (exact) mass is 407 g/mol. The first-order valence-corrected chi connectivity index (χ1v) is 10.1. The van der Waals surface area contributed by atoms with E-state index in [1.54, 1.807) is 37.8 Å². The van der Waals surface area contributed by atoms with Gasteiger partial charge in [0.1, 0.15) is 10.7 Å². The lowest BCUT2D eigenvalue weighted by molar-refractivity contribution is 0.102. The second-order valence-corrected chi connectivity index (χ2v) is 7.25. The first kappa shape index (κ1) is 19.0. The van der Waals surface area contributed by atoms with Gasteiger partial charge in [-0.3, -0.25) is 4.79 Å². The summed E-state index contributed by atoms with van der Waals surface area (Å²) >= 11 is 1.46. The van der Waals surface area contributed by atoms with E-state index in [9.17, 15) is 4.79 Å². The van der Waals surface area contributed by atoms with E-state index in [4.69, 9.17) is 9.47 Å². The van der Waals surface area contributed by atoms with Crippen molar-refractivity contribution in [1.29, 1.82) is 0 Å². The molecule has 1 amide bonds. The summed E-state index contributed by atoms with van der Waals surface area (Å²) in [5, 5.41) is 6.63. The minimum Gasteiger partial charge on any atom is -0.493 e. The molecule has 0 aliphatic heterocycles. The van der Waals surface area contributed by atoms with Crippen LogP contribution in [-0.2, 0) is 6.54 Å². The Morgan fingerprint density at radius 1 is 1.10 bits per heavy atom. The van der Waals surface area contributed by atoms with E-state index in [1.807, 2.05) is 12.1 Å². The molecule has 2 heterocycles. The molecule has 4 aromatic rings. The van der Waals surface area contributed by atoms with Crippen LogP contribution in [0.15, 0.2) is 53.9 Å². The van der Waals surface area contributed by atoms with Crippen LogP contribution in [0.2, 0.25) is 0 Å². The van der Waals surface area contributed by atoms with E-state index >= 15 is 0 Å².